The van der Waals surface area contributed by atoms with Gasteiger partial charge in [0.15, 0.2) is 0 Å². The summed E-state index contributed by atoms with van der Waals surface area (Å²) in [5, 5.41) is 0. The zero-order chi connectivity index (χ0) is 9.56. The predicted octanol–water partition coefficient (Wildman–Crippen LogP) is 1.28. The van der Waals surface area contributed by atoms with Crippen molar-refractivity contribution in [3.05, 3.63) is 0 Å². The maximum atomic E-state index is 11.3. The first-order valence-corrected chi connectivity index (χ1v) is 4.51. The molecule has 0 N–H and O–H groups in total. The Bertz CT molecular complexity index is 130. The monoisotopic (exact) mass is 173 g/mol. The summed E-state index contributed by atoms with van der Waals surface area (Å²) < 4.78 is 5.20. The summed E-state index contributed by atoms with van der Waals surface area (Å²) in [7, 11) is 0. The Morgan fingerprint density at radius 2 is 1.83 bits per heavy atom. The average molecular weight is 173 g/mol. The molecule has 0 heterocycles. The molecule has 0 fully saturated rings. The molecule has 72 valence electrons. The topological polar surface area (TPSA) is 29.5 Å². The smallest absolute Gasteiger partial charge is 0.248 e. The molecule has 0 aromatic carbocycles. The molecule has 0 rings (SSSR count). The van der Waals surface area contributed by atoms with Crippen molar-refractivity contribution >= 4 is 5.91 Å². The van der Waals surface area contributed by atoms with Gasteiger partial charge in [0.2, 0.25) is 5.91 Å². The Hall–Kier alpha value is -0.570. The molecule has 0 spiro atoms. The Morgan fingerprint density at radius 1 is 1.33 bits per heavy atom. The molecular weight excluding hydrogens is 154 g/mol. The molecule has 3 heteroatoms. The zero-order valence-corrected chi connectivity index (χ0v) is 8.46. The van der Waals surface area contributed by atoms with E-state index in [2.05, 4.69) is 0 Å². The van der Waals surface area contributed by atoms with Crippen molar-refractivity contribution in [1.29, 1.82) is 0 Å². The first kappa shape index (κ1) is 11.4. The lowest BCUT2D eigenvalue weighted by atomic mass is 10.4. The lowest BCUT2D eigenvalue weighted by molar-refractivity contribution is -0.137. The number of carbonyl (C=O) groups is 1. The molecule has 0 aliphatic rings. The van der Waals surface area contributed by atoms with Gasteiger partial charge in [-0.1, -0.05) is 0 Å². The van der Waals surface area contributed by atoms with Gasteiger partial charge >= 0.3 is 0 Å². The van der Waals surface area contributed by atoms with E-state index in [9.17, 15) is 4.79 Å². The standard InChI is InChI=1S/C9H19NO2/c1-5-10(6-2)9(11)7-12-8(3)4/h8H,5-7H2,1-4H3. The first-order valence-electron chi connectivity index (χ1n) is 4.51. The molecule has 1 amide bonds. The maximum Gasteiger partial charge on any atom is 0.248 e. The van der Waals surface area contributed by atoms with Crippen LogP contribution in [0, 0.1) is 0 Å². The molecule has 3 nitrogen and oxygen atoms in total. The van der Waals surface area contributed by atoms with Crippen LogP contribution >= 0.6 is 0 Å². The van der Waals surface area contributed by atoms with Crippen molar-refractivity contribution in [3.8, 4) is 0 Å². The van der Waals surface area contributed by atoms with Crippen LogP contribution in [-0.4, -0.2) is 36.6 Å². The second kappa shape index (κ2) is 6.00. The van der Waals surface area contributed by atoms with Crippen LogP contribution in [0.4, 0.5) is 0 Å². The van der Waals surface area contributed by atoms with Gasteiger partial charge in [-0.05, 0) is 27.7 Å². The van der Waals surface area contributed by atoms with Crippen molar-refractivity contribution in [3.63, 3.8) is 0 Å². The van der Waals surface area contributed by atoms with Crippen LogP contribution in [0.25, 0.3) is 0 Å². The molecule has 0 aromatic heterocycles. The second-order valence-electron chi connectivity index (χ2n) is 2.93. The number of rotatable bonds is 5. The number of hydrogen-bond donors (Lipinski definition) is 0. The molecule has 12 heavy (non-hydrogen) atoms. The fraction of sp³-hybridized carbons (Fsp3) is 0.889. The summed E-state index contributed by atoms with van der Waals surface area (Å²) in [5.41, 5.74) is 0. The molecule has 0 saturated heterocycles. The van der Waals surface area contributed by atoms with E-state index in [0.29, 0.717) is 0 Å². The van der Waals surface area contributed by atoms with Crippen molar-refractivity contribution in [2.45, 2.75) is 33.8 Å². The first-order chi connectivity index (χ1) is 5.61. The lowest BCUT2D eigenvalue weighted by Crippen LogP contribution is -2.34. The van der Waals surface area contributed by atoms with E-state index in [-0.39, 0.29) is 18.6 Å². The zero-order valence-electron chi connectivity index (χ0n) is 8.46. The molecule has 0 aliphatic heterocycles. The van der Waals surface area contributed by atoms with Gasteiger partial charge in [-0.3, -0.25) is 4.79 Å². The van der Waals surface area contributed by atoms with Gasteiger partial charge in [0.1, 0.15) is 6.61 Å². The molecule has 0 bridgehead atoms. The largest absolute Gasteiger partial charge is 0.369 e. The fourth-order valence-corrected chi connectivity index (χ4v) is 0.906. The Balaban J connectivity index is 3.69. The third-order valence-corrected chi connectivity index (χ3v) is 1.66. The van der Waals surface area contributed by atoms with Gasteiger partial charge in [0, 0.05) is 13.1 Å². The molecule has 0 atom stereocenters. The molecule has 0 radical (unpaired) electrons. The minimum Gasteiger partial charge on any atom is -0.369 e. The van der Waals surface area contributed by atoms with Crippen LogP contribution in [-0.2, 0) is 9.53 Å². The highest BCUT2D eigenvalue weighted by molar-refractivity contribution is 5.77. The van der Waals surface area contributed by atoms with Crippen LogP contribution in [0.15, 0.2) is 0 Å². The highest BCUT2D eigenvalue weighted by Crippen LogP contribution is 1.93. The molecule has 0 unspecified atom stereocenters. The van der Waals surface area contributed by atoms with E-state index in [1.54, 1.807) is 4.90 Å². The summed E-state index contributed by atoms with van der Waals surface area (Å²) >= 11 is 0. The molecular formula is C9H19NO2. The highest BCUT2D eigenvalue weighted by Gasteiger charge is 2.09. The summed E-state index contributed by atoms with van der Waals surface area (Å²) in [6.07, 6.45) is 0.129. The van der Waals surface area contributed by atoms with Gasteiger partial charge in [-0.25, -0.2) is 0 Å². The average Bonchev–Trinajstić information content (AvgIpc) is 2.03. The molecule has 0 aliphatic carbocycles. The maximum absolute atomic E-state index is 11.3. The van der Waals surface area contributed by atoms with Crippen molar-refractivity contribution in [1.82, 2.24) is 4.90 Å². The highest BCUT2D eigenvalue weighted by atomic mass is 16.5. The van der Waals surface area contributed by atoms with E-state index in [1.807, 2.05) is 27.7 Å². The van der Waals surface area contributed by atoms with E-state index in [0.717, 1.165) is 13.1 Å². The van der Waals surface area contributed by atoms with Gasteiger partial charge in [-0.2, -0.15) is 0 Å². The third kappa shape index (κ3) is 4.34. The summed E-state index contributed by atoms with van der Waals surface area (Å²) in [6, 6.07) is 0. The summed E-state index contributed by atoms with van der Waals surface area (Å²) in [5.74, 6) is 0.0775. The van der Waals surface area contributed by atoms with Crippen molar-refractivity contribution in [2.24, 2.45) is 0 Å². The van der Waals surface area contributed by atoms with E-state index in [1.165, 1.54) is 0 Å². The lowest BCUT2D eigenvalue weighted by Gasteiger charge is -2.19. The van der Waals surface area contributed by atoms with E-state index < -0.39 is 0 Å². The minimum absolute atomic E-state index is 0.0775. The molecule has 0 saturated carbocycles. The Kier molecular flexibility index (Phi) is 5.72. The van der Waals surface area contributed by atoms with Gasteiger partial charge in [-0.15, -0.1) is 0 Å². The van der Waals surface area contributed by atoms with E-state index >= 15 is 0 Å². The Morgan fingerprint density at radius 3 is 2.17 bits per heavy atom. The SMILES string of the molecule is CCN(CC)C(=O)COC(C)C. The summed E-state index contributed by atoms with van der Waals surface area (Å²) in [6.45, 7) is 9.52. The quantitative estimate of drug-likeness (QED) is 0.626. The number of amides is 1. The van der Waals surface area contributed by atoms with E-state index in [4.69, 9.17) is 4.74 Å². The number of ether oxygens (including phenoxy) is 1. The second-order valence-corrected chi connectivity index (χ2v) is 2.93. The van der Waals surface area contributed by atoms with Gasteiger partial charge in [0.05, 0.1) is 6.10 Å². The van der Waals surface area contributed by atoms with Gasteiger partial charge in [0.25, 0.3) is 0 Å². The van der Waals surface area contributed by atoms with Crippen LogP contribution < -0.4 is 0 Å². The van der Waals surface area contributed by atoms with Crippen LogP contribution in [0.3, 0.4) is 0 Å². The van der Waals surface area contributed by atoms with Gasteiger partial charge < -0.3 is 9.64 Å². The number of likely N-dealkylation sites (N-methyl/N-ethyl adjacent to an activating group) is 1. The number of carbonyl (C=O) groups excluding carboxylic acids is 1. The number of nitrogens with zero attached hydrogens (tertiary/aromatic N) is 1. The normalized spacial score (nSPS) is 10.4. The number of hydrogen-bond acceptors (Lipinski definition) is 2. The predicted molar refractivity (Wildman–Crippen MR) is 49.0 cm³/mol. The minimum atomic E-state index is 0.0775. The Labute approximate surface area is 74.7 Å². The van der Waals surface area contributed by atoms with Crippen LogP contribution in [0.5, 0.6) is 0 Å². The van der Waals surface area contributed by atoms with Crippen LogP contribution in [0.1, 0.15) is 27.7 Å². The van der Waals surface area contributed by atoms with Crippen molar-refractivity contribution in [2.75, 3.05) is 19.7 Å². The third-order valence-electron chi connectivity index (χ3n) is 1.66. The van der Waals surface area contributed by atoms with Crippen LogP contribution in [0.2, 0.25) is 0 Å². The van der Waals surface area contributed by atoms with Crippen molar-refractivity contribution < 1.29 is 9.53 Å². The fourth-order valence-electron chi connectivity index (χ4n) is 0.906. The molecule has 0 aromatic rings. The summed E-state index contributed by atoms with van der Waals surface area (Å²) in [4.78, 5) is 13.1.